The summed E-state index contributed by atoms with van der Waals surface area (Å²) in [7, 11) is 0. The standard InChI is InChI=1S/C14H26N2O2/c1-11-8-9-16(14(18)13(10-17)15-11)12-6-4-2-3-5-7-12/h11-13,15,17H,2-10H2,1H3. The van der Waals surface area contributed by atoms with Gasteiger partial charge in [-0.25, -0.2) is 0 Å². The van der Waals surface area contributed by atoms with Crippen molar-refractivity contribution >= 4 is 5.91 Å². The molecule has 4 nitrogen and oxygen atoms in total. The SMILES string of the molecule is CC1CCN(C2CCCCCC2)C(=O)C(CO)N1. The van der Waals surface area contributed by atoms with Crippen LogP contribution in [0.25, 0.3) is 0 Å². The Balaban J connectivity index is 2.06. The van der Waals surface area contributed by atoms with E-state index in [1.165, 1.54) is 25.7 Å². The number of amides is 1. The van der Waals surface area contributed by atoms with Crippen LogP contribution in [0.2, 0.25) is 0 Å². The lowest BCUT2D eigenvalue weighted by Crippen LogP contribution is -2.50. The van der Waals surface area contributed by atoms with E-state index in [9.17, 15) is 9.90 Å². The summed E-state index contributed by atoms with van der Waals surface area (Å²) in [5.41, 5.74) is 0. The molecule has 1 saturated carbocycles. The van der Waals surface area contributed by atoms with E-state index >= 15 is 0 Å². The lowest BCUT2D eigenvalue weighted by Gasteiger charge is -2.31. The first-order chi connectivity index (χ1) is 8.72. The van der Waals surface area contributed by atoms with Crippen molar-refractivity contribution in [2.45, 2.75) is 70.0 Å². The Morgan fingerprint density at radius 3 is 2.50 bits per heavy atom. The molecule has 2 N–H and O–H groups in total. The van der Waals surface area contributed by atoms with Crippen LogP contribution in [0, 0.1) is 0 Å². The summed E-state index contributed by atoms with van der Waals surface area (Å²) in [6, 6.07) is 0.314. The van der Waals surface area contributed by atoms with E-state index < -0.39 is 6.04 Å². The van der Waals surface area contributed by atoms with Gasteiger partial charge in [0.05, 0.1) is 6.61 Å². The lowest BCUT2D eigenvalue weighted by atomic mass is 10.1. The highest BCUT2D eigenvalue weighted by molar-refractivity contribution is 5.82. The largest absolute Gasteiger partial charge is 0.394 e. The predicted molar refractivity (Wildman–Crippen MR) is 71.3 cm³/mol. The fourth-order valence-electron chi connectivity index (χ4n) is 3.20. The molecule has 0 radical (unpaired) electrons. The van der Waals surface area contributed by atoms with Crippen molar-refractivity contribution in [3.8, 4) is 0 Å². The molecule has 0 spiro atoms. The molecule has 2 rings (SSSR count). The Hall–Kier alpha value is -0.610. The molecule has 1 saturated heterocycles. The maximum Gasteiger partial charge on any atom is 0.242 e. The van der Waals surface area contributed by atoms with Crippen molar-refractivity contribution < 1.29 is 9.90 Å². The summed E-state index contributed by atoms with van der Waals surface area (Å²) in [6.07, 6.45) is 8.34. The number of aliphatic hydroxyl groups excluding tert-OH is 1. The maximum atomic E-state index is 12.4. The average Bonchev–Trinajstić information content (AvgIpc) is 2.70. The number of nitrogens with one attached hydrogen (secondary N) is 1. The lowest BCUT2D eigenvalue weighted by molar-refractivity contribution is -0.136. The molecule has 0 aromatic heterocycles. The molecule has 2 atom stereocenters. The summed E-state index contributed by atoms with van der Waals surface area (Å²) in [5.74, 6) is 0.105. The molecule has 2 unspecified atom stereocenters. The third-order valence-corrected chi connectivity index (χ3v) is 4.32. The van der Waals surface area contributed by atoms with Crippen LogP contribution in [0.15, 0.2) is 0 Å². The zero-order valence-electron chi connectivity index (χ0n) is 11.4. The van der Waals surface area contributed by atoms with Crippen LogP contribution in [0.4, 0.5) is 0 Å². The number of hydrogen-bond acceptors (Lipinski definition) is 3. The van der Waals surface area contributed by atoms with Crippen LogP contribution in [0.5, 0.6) is 0 Å². The third-order valence-electron chi connectivity index (χ3n) is 4.32. The molecule has 104 valence electrons. The number of carbonyl (C=O) groups is 1. The van der Waals surface area contributed by atoms with Gasteiger partial charge in [-0.05, 0) is 26.2 Å². The van der Waals surface area contributed by atoms with Crippen LogP contribution in [0.1, 0.15) is 51.9 Å². The smallest absolute Gasteiger partial charge is 0.242 e. The van der Waals surface area contributed by atoms with Crippen LogP contribution in [-0.4, -0.2) is 47.2 Å². The highest BCUT2D eigenvalue weighted by Gasteiger charge is 2.32. The number of aliphatic hydroxyl groups is 1. The molecular formula is C14H26N2O2. The Labute approximate surface area is 110 Å². The highest BCUT2D eigenvalue weighted by atomic mass is 16.3. The van der Waals surface area contributed by atoms with Crippen LogP contribution >= 0.6 is 0 Å². The first kappa shape index (κ1) is 13.8. The van der Waals surface area contributed by atoms with Gasteiger partial charge in [-0.2, -0.15) is 0 Å². The number of hydrogen-bond donors (Lipinski definition) is 2. The fourth-order valence-corrected chi connectivity index (χ4v) is 3.20. The summed E-state index contributed by atoms with van der Waals surface area (Å²) in [4.78, 5) is 14.5. The van der Waals surface area contributed by atoms with Gasteiger partial charge < -0.3 is 15.3 Å². The van der Waals surface area contributed by atoms with Gasteiger partial charge in [0.25, 0.3) is 0 Å². The summed E-state index contributed by atoms with van der Waals surface area (Å²) >= 11 is 0. The molecule has 1 amide bonds. The first-order valence-corrected chi connectivity index (χ1v) is 7.39. The van der Waals surface area contributed by atoms with Crippen LogP contribution < -0.4 is 5.32 Å². The molecule has 0 aromatic carbocycles. The zero-order chi connectivity index (χ0) is 13.0. The Bertz CT molecular complexity index is 275. The van der Waals surface area contributed by atoms with Gasteiger partial charge in [0.15, 0.2) is 0 Å². The predicted octanol–water partition coefficient (Wildman–Crippen LogP) is 1.28. The zero-order valence-corrected chi connectivity index (χ0v) is 11.4. The topological polar surface area (TPSA) is 52.6 Å². The highest BCUT2D eigenvalue weighted by Crippen LogP contribution is 2.24. The average molecular weight is 254 g/mol. The number of nitrogens with zero attached hydrogens (tertiary/aromatic N) is 1. The molecular weight excluding hydrogens is 228 g/mol. The second-order valence-electron chi connectivity index (χ2n) is 5.77. The molecule has 1 aliphatic heterocycles. The minimum Gasteiger partial charge on any atom is -0.394 e. The quantitative estimate of drug-likeness (QED) is 0.730. The normalized spacial score (nSPS) is 32.1. The Morgan fingerprint density at radius 2 is 1.89 bits per heavy atom. The van der Waals surface area contributed by atoms with Crippen LogP contribution in [0.3, 0.4) is 0 Å². The van der Waals surface area contributed by atoms with Gasteiger partial charge in [-0.1, -0.05) is 25.7 Å². The summed E-state index contributed by atoms with van der Waals surface area (Å²) < 4.78 is 0. The molecule has 18 heavy (non-hydrogen) atoms. The van der Waals surface area contributed by atoms with Gasteiger partial charge in [0.1, 0.15) is 6.04 Å². The molecule has 1 aliphatic carbocycles. The van der Waals surface area contributed by atoms with Crippen LogP contribution in [-0.2, 0) is 4.79 Å². The second-order valence-corrected chi connectivity index (χ2v) is 5.77. The van der Waals surface area contributed by atoms with E-state index in [2.05, 4.69) is 12.2 Å². The maximum absolute atomic E-state index is 12.4. The Kier molecular flexibility index (Phi) is 5.01. The first-order valence-electron chi connectivity index (χ1n) is 7.39. The minimum atomic E-state index is -0.397. The molecule has 2 fully saturated rings. The molecule has 0 bridgehead atoms. The van der Waals surface area contributed by atoms with Crippen molar-refractivity contribution in [2.24, 2.45) is 0 Å². The summed E-state index contributed by atoms with van der Waals surface area (Å²) in [5, 5.41) is 12.6. The number of carbonyl (C=O) groups excluding carboxylic acids is 1. The Morgan fingerprint density at radius 1 is 1.22 bits per heavy atom. The molecule has 4 heteroatoms. The van der Waals surface area contributed by atoms with Crippen molar-refractivity contribution in [3.05, 3.63) is 0 Å². The molecule has 1 heterocycles. The molecule has 0 aromatic rings. The van der Waals surface area contributed by atoms with E-state index in [0.717, 1.165) is 25.8 Å². The monoisotopic (exact) mass is 254 g/mol. The second kappa shape index (κ2) is 6.53. The van der Waals surface area contributed by atoms with E-state index in [-0.39, 0.29) is 12.5 Å². The summed E-state index contributed by atoms with van der Waals surface area (Å²) in [6.45, 7) is 2.84. The molecule has 2 aliphatic rings. The van der Waals surface area contributed by atoms with E-state index in [0.29, 0.717) is 12.1 Å². The number of rotatable bonds is 2. The van der Waals surface area contributed by atoms with Gasteiger partial charge in [0.2, 0.25) is 5.91 Å². The third kappa shape index (κ3) is 3.23. The fraction of sp³-hybridized carbons (Fsp3) is 0.929. The van der Waals surface area contributed by atoms with Gasteiger partial charge in [-0.3, -0.25) is 4.79 Å². The van der Waals surface area contributed by atoms with Gasteiger partial charge in [0, 0.05) is 18.6 Å². The van der Waals surface area contributed by atoms with E-state index in [4.69, 9.17) is 0 Å². The van der Waals surface area contributed by atoms with Gasteiger partial charge in [-0.15, -0.1) is 0 Å². The van der Waals surface area contributed by atoms with E-state index in [1.54, 1.807) is 0 Å². The van der Waals surface area contributed by atoms with Crippen molar-refractivity contribution in [2.75, 3.05) is 13.2 Å². The van der Waals surface area contributed by atoms with Crippen molar-refractivity contribution in [3.63, 3.8) is 0 Å². The van der Waals surface area contributed by atoms with Crippen molar-refractivity contribution in [1.29, 1.82) is 0 Å². The van der Waals surface area contributed by atoms with Crippen molar-refractivity contribution in [1.82, 2.24) is 10.2 Å². The van der Waals surface area contributed by atoms with Gasteiger partial charge >= 0.3 is 0 Å². The minimum absolute atomic E-state index is 0.0909. The van der Waals surface area contributed by atoms with E-state index in [1.807, 2.05) is 4.90 Å².